The molecule has 1 aromatic heterocycles. The van der Waals surface area contributed by atoms with Crippen LogP contribution in [0.2, 0.25) is 5.15 Å². The van der Waals surface area contributed by atoms with Gasteiger partial charge in [-0.05, 0) is 25.7 Å². The third-order valence-electron chi connectivity index (χ3n) is 3.45. The second-order valence-electron chi connectivity index (χ2n) is 4.65. The van der Waals surface area contributed by atoms with Crippen LogP contribution in [0.3, 0.4) is 0 Å². The summed E-state index contributed by atoms with van der Waals surface area (Å²) in [6, 6.07) is 1.88. The van der Waals surface area contributed by atoms with Crippen molar-refractivity contribution >= 4 is 17.4 Å². The van der Waals surface area contributed by atoms with Gasteiger partial charge >= 0.3 is 0 Å². The highest BCUT2D eigenvalue weighted by Crippen LogP contribution is 2.28. The van der Waals surface area contributed by atoms with Crippen molar-refractivity contribution in [3.63, 3.8) is 0 Å². The molecule has 0 atom stereocenters. The number of aryl methyl sites for hydroxylation is 1. The lowest BCUT2D eigenvalue weighted by molar-refractivity contribution is 0.318. The number of hydrogen-bond acceptors (Lipinski definition) is 3. The summed E-state index contributed by atoms with van der Waals surface area (Å²) < 4.78 is 0. The van der Waals surface area contributed by atoms with Gasteiger partial charge in [0.15, 0.2) is 0 Å². The van der Waals surface area contributed by atoms with Gasteiger partial charge in [-0.1, -0.05) is 24.9 Å². The third-order valence-corrected chi connectivity index (χ3v) is 3.65. The minimum absolute atomic E-state index is 0.555. The first kappa shape index (κ1) is 12.6. The SMILES string of the molecule is CCc1nc(Cl)cc(N(CC)CC2CCC2)n1. The van der Waals surface area contributed by atoms with Crippen molar-refractivity contribution in [3.05, 3.63) is 17.0 Å². The molecule has 3 nitrogen and oxygen atoms in total. The van der Waals surface area contributed by atoms with E-state index in [1.165, 1.54) is 19.3 Å². The maximum atomic E-state index is 6.04. The van der Waals surface area contributed by atoms with E-state index < -0.39 is 0 Å². The first-order chi connectivity index (χ1) is 8.22. The summed E-state index contributed by atoms with van der Waals surface area (Å²) in [6.07, 6.45) is 4.92. The molecule has 1 aromatic rings. The minimum Gasteiger partial charge on any atom is -0.356 e. The standard InChI is InChI=1S/C13H20ClN3/c1-3-12-15-11(14)8-13(16-12)17(4-2)9-10-6-5-7-10/h8,10H,3-7,9H2,1-2H3. The molecule has 0 bridgehead atoms. The van der Waals surface area contributed by atoms with Crippen molar-refractivity contribution in [1.29, 1.82) is 0 Å². The van der Waals surface area contributed by atoms with Gasteiger partial charge in [0.05, 0.1) is 0 Å². The average Bonchev–Trinajstić information content (AvgIpc) is 2.27. The fraction of sp³-hybridized carbons (Fsp3) is 0.692. The molecule has 0 unspecified atom stereocenters. The first-order valence-corrected chi connectivity index (χ1v) is 6.89. The van der Waals surface area contributed by atoms with Crippen molar-refractivity contribution in [1.82, 2.24) is 9.97 Å². The first-order valence-electron chi connectivity index (χ1n) is 6.51. The van der Waals surface area contributed by atoms with Gasteiger partial charge in [-0.3, -0.25) is 0 Å². The van der Waals surface area contributed by atoms with Crippen LogP contribution in [0.1, 0.15) is 38.9 Å². The molecule has 0 saturated heterocycles. The molecule has 1 aliphatic rings. The van der Waals surface area contributed by atoms with Gasteiger partial charge in [0.2, 0.25) is 0 Å². The molecule has 17 heavy (non-hydrogen) atoms. The lowest BCUT2D eigenvalue weighted by Crippen LogP contribution is -2.33. The summed E-state index contributed by atoms with van der Waals surface area (Å²) in [5, 5.41) is 0.555. The smallest absolute Gasteiger partial charge is 0.134 e. The quantitative estimate of drug-likeness (QED) is 0.754. The van der Waals surface area contributed by atoms with Crippen LogP contribution in [0.15, 0.2) is 6.07 Å². The molecule has 0 aromatic carbocycles. The molecule has 0 aliphatic heterocycles. The molecule has 0 radical (unpaired) electrons. The zero-order valence-electron chi connectivity index (χ0n) is 10.6. The monoisotopic (exact) mass is 253 g/mol. The Hall–Kier alpha value is -0.830. The summed E-state index contributed by atoms with van der Waals surface area (Å²) in [4.78, 5) is 11.1. The summed E-state index contributed by atoms with van der Waals surface area (Å²) in [5.41, 5.74) is 0. The number of halogens is 1. The largest absolute Gasteiger partial charge is 0.356 e. The number of aromatic nitrogens is 2. The molecular formula is C13H20ClN3. The molecule has 94 valence electrons. The molecule has 0 spiro atoms. The Labute approximate surface area is 108 Å². The third kappa shape index (κ3) is 3.09. The van der Waals surface area contributed by atoms with Gasteiger partial charge in [-0.15, -0.1) is 0 Å². The van der Waals surface area contributed by atoms with Crippen molar-refractivity contribution in [2.75, 3.05) is 18.0 Å². The summed E-state index contributed by atoms with van der Waals surface area (Å²) in [6.45, 7) is 6.30. The number of hydrogen-bond donors (Lipinski definition) is 0. The van der Waals surface area contributed by atoms with Crippen molar-refractivity contribution in [3.8, 4) is 0 Å². The van der Waals surface area contributed by atoms with E-state index in [1.807, 2.05) is 6.07 Å². The number of nitrogens with zero attached hydrogens (tertiary/aromatic N) is 3. The average molecular weight is 254 g/mol. The Balaban J connectivity index is 2.13. The molecule has 0 amide bonds. The molecule has 4 heteroatoms. The highest BCUT2D eigenvalue weighted by molar-refractivity contribution is 6.29. The predicted molar refractivity (Wildman–Crippen MR) is 71.6 cm³/mol. The Morgan fingerprint density at radius 1 is 1.35 bits per heavy atom. The van der Waals surface area contributed by atoms with Crippen molar-refractivity contribution in [2.24, 2.45) is 5.92 Å². The van der Waals surface area contributed by atoms with Gasteiger partial charge in [-0.25, -0.2) is 9.97 Å². The second-order valence-corrected chi connectivity index (χ2v) is 5.04. The molecule has 1 fully saturated rings. The van der Waals surface area contributed by atoms with Gasteiger partial charge in [0, 0.05) is 25.6 Å². The van der Waals surface area contributed by atoms with Gasteiger partial charge in [0.1, 0.15) is 16.8 Å². The highest BCUT2D eigenvalue weighted by atomic mass is 35.5. The molecule has 1 heterocycles. The van der Waals surface area contributed by atoms with E-state index in [0.717, 1.165) is 37.1 Å². The predicted octanol–water partition coefficient (Wildman–Crippen LogP) is 3.32. The molecule has 1 aliphatic carbocycles. The summed E-state index contributed by atoms with van der Waals surface area (Å²) in [7, 11) is 0. The zero-order chi connectivity index (χ0) is 12.3. The van der Waals surface area contributed by atoms with E-state index in [4.69, 9.17) is 11.6 Å². The van der Waals surface area contributed by atoms with Crippen LogP contribution >= 0.6 is 11.6 Å². The lowest BCUT2D eigenvalue weighted by Gasteiger charge is -2.32. The Bertz CT molecular complexity index is 377. The van der Waals surface area contributed by atoms with Crippen LogP contribution in [0.4, 0.5) is 5.82 Å². The Morgan fingerprint density at radius 2 is 2.12 bits per heavy atom. The topological polar surface area (TPSA) is 29.0 Å². The maximum absolute atomic E-state index is 6.04. The van der Waals surface area contributed by atoms with Crippen LogP contribution in [0.25, 0.3) is 0 Å². The van der Waals surface area contributed by atoms with Crippen LogP contribution < -0.4 is 4.90 Å². The van der Waals surface area contributed by atoms with Gasteiger partial charge < -0.3 is 4.90 Å². The maximum Gasteiger partial charge on any atom is 0.134 e. The van der Waals surface area contributed by atoms with E-state index in [0.29, 0.717) is 5.15 Å². The fourth-order valence-electron chi connectivity index (χ4n) is 2.14. The van der Waals surface area contributed by atoms with E-state index in [1.54, 1.807) is 0 Å². The van der Waals surface area contributed by atoms with Gasteiger partial charge in [0.25, 0.3) is 0 Å². The van der Waals surface area contributed by atoms with E-state index in [2.05, 4.69) is 28.7 Å². The van der Waals surface area contributed by atoms with Crippen LogP contribution in [0, 0.1) is 5.92 Å². The van der Waals surface area contributed by atoms with Crippen LogP contribution in [0.5, 0.6) is 0 Å². The van der Waals surface area contributed by atoms with E-state index in [9.17, 15) is 0 Å². The molecular weight excluding hydrogens is 234 g/mol. The Kier molecular flexibility index (Phi) is 4.21. The van der Waals surface area contributed by atoms with Crippen molar-refractivity contribution < 1.29 is 0 Å². The van der Waals surface area contributed by atoms with E-state index in [-0.39, 0.29) is 0 Å². The molecule has 2 rings (SSSR count). The van der Waals surface area contributed by atoms with E-state index >= 15 is 0 Å². The summed E-state index contributed by atoms with van der Waals surface area (Å²) >= 11 is 6.04. The second kappa shape index (κ2) is 5.67. The summed E-state index contributed by atoms with van der Waals surface area (Å²) in [5.74, 6) is 2.66. The van der Waals surface area contributed by atoms with Crippen LogP contribution in [-0.2, 0) is 6.42 Å². The van der Waals surface area contributed by atoms with Crippen LogP contribution in [-0.4, -0.2) is 23.1 Å². The number of rotatable bonds is 5. The normalized spacial score (nSPS) is 15.7. The lowest BCUT2D eigenvalue weighted by atomic mass is 9.85. The zero-order valence-corrected chi connectivity index (χ0v) is 11.4. The molecule has 0 N–H and O–H groups in total. The fourth-order valence-corrected chi connectivity index (χ4v) is 2.34. The van der Waals surface area contributed by atoms with Gasteiger partial charge in [-0.2, -0.15) is 0 Å². The van der Waals surface area contributed by atoms with Crippen molar-refractivity contribution in [2.45, 2.75) is 39.5 Å². The number of anilines is 1. The highest BCUT2D eigenvalue weighted by Gasteiger charge is 2.21. The minimum atomic E-state index is 0.555. The molecule has 1 saturated carbocycles. The Morgan fingerprint density at radius 3 is 2.65 bits per heavy atom.